The molecule has 0 bridgehead atoms. The molecule has 24 heavy (non-hydrogen) atoms. The van der Waals surface area contributed by atoms with Crippen LogP contribution in [0.3, 0.4) is 0 Å². The molecular weight excluding hydrogens is 304 g/mol. The molecule has 0 atom stereocenters. The monoisotopic (exact) mass is 324 g/mol. The van der Waals surface area contributed by atoms with Crippen LogP contribution >= 0.6 is 0 Å². The first-order valence-electron chi connectivity index (χ1n) is 7.86. The fraction of sp³-hybridized carbons (Fsp3) is 0.278. The molecule has 0 saturated carbocycles. The highest BCUT2D eigenvalue weighted by atomic mass is 16.5. The third kappa shape index (κ3) is 3.22. The lowest BCUT2D eigenvalue weighted by molar-refractivity contribution is 0.102. The minimum Gasteiger partial charge on any atom is -0.494 e. The number of fused-ring (bicyclic) bond motifs is 1. The number of pyridine rings is 1. The molecule has 3 rings (SSSR count). The Hall–Kier alpha value is -2.89. The van der Waals surface area contributed by atoms with Gasteiger partial charge in [0.15, 0.2) is 5.69 Å². The van der Waals surface area contributed by atoms with Crippen LogP contribution in [-0.4, -0.2) is 28.2 Å². The molecule has 1 aromatic carbocycles. The Morgan fingerprint density at radius 3 is 2.92 bits per heavy atom. The van der Waals surface area contributed by atoms with Crippen molar-refractivity contribution in [2.45, 2.75) is 20.3 Å². The molecule has 0 radical (unpaired) electrons. The fourth-order valence-corrected chi connectivity index (χ4v) is 2.63. The maximum atomic E-state index is 12.5. The molecule has 1 amide bonds. The molecule has 0 fully saturated rings. The number of ether oxygens (including phenoxy) is 1. The standard InChI is InChI=1S/C18H20N4O2/c1-11(2)9-12-10-15(22-21-12)18(23)20-14-6-7-16(24-3)17-13(14)5-4-8-19-17/h4-8,10-11H,9H2,1-3H3,(H,20,23)(H,21,22). The van der Waals surface area contributed by atoms with E-state index in [0.717, 1.165) is 17.5 Å². The molecule has 0 aliphatic carbocycles. The number of aromatic amines is 1. The molecular formula is C18H20N4O2. The topological polar surface area (TPSA) is 79.9 Å². The lowest BCUT2D eigenvalue weighted by Gasteiger charge is -2.10. The van der Waals surface area contributed by atoms with Crippen LogP contribution in [0, 0.1) is 5.92 Å². The summed E-state index contributed by atoms with van der Waals surface area (Å²) in [6.45, 7) is 4.24. The van der Waals surface area contributed by atoms with Crippen LogP contribution in [0.1, 0.15) is 30.0 Å². The smallest absolute Gasteiger partial charge is 0.276 e. The number of carbonyl (C=O) groups excluding carboxylic acids is 1. The predicted molar refractivity (Wildman–Crippen MR) is 93.4 cm³/mol. The maximum absolute atomic E-state index is 12.5. The minimum atomic E-state index is -0.253. The molecule has 6 heteroatoms. The molecule has 0 aliphatic rings. The van der Waals surface area contributed by atoms with Gasteiger partial charge in [-0.3, -0.25) is 14.9 Å². The van der Waals surface area contributed by atoms with Gasteiger partial charge in [0.05, 0.1) is 12.8 Å². The van der Waals surface area contributed by atoms with E-state index in [2.05, 4.69) is 34.3 Å². The third-order valence-corrected chi connectivity index (χ3v) is 3.69. The Labute approximate surface area is 140 Å². The molecule has 0 spiro atoms. The quantitative estimate of drug-likeness (QED) is 0.753. The zero-order valence-electron chi connectivity index (χ0n) is 14.0. The summed E-state index contributed by atoms with van der Waals surface area (Å²) in [6.07, 6.45) is 2.55. The Morgan fingerprint density at radius 1 is 1.33 bits per heavy atom. The second-order valence-electron chi connectivity index (χ2n) is 6.05. The SMILES string of the molecule is COc1ccc(NC(=O)c2cc(CC(C)C)[nH]n2)c2cccnc12. The van der Waals surface area contributed by atoms with Crippen molar-refractivity contribution in [3.8, 4) is 5.75 Å². The molecule has 2 N–H and O–H groups in total. The first-order chi connectivity index (χ1) is 11.6. The van der Waals surface area contributed by atoms with Crippen LogP contribution in [0.25, 0.3) is 10.9 Å². The zero-order chi connectivity index (χ0) is 17.1. The first kappa shape index (κ1) is 16.0. The van der Waals surface area contributed by atoms with Crippen molar-refractivity contribution in [3.63, 3.8) is 0 Å². The number of nitrogens with one attached hydrogen (secondary N) is 2. The van der Waals surface area contributed by atoms with Crippen LogP contribution in [0.2, 0.25) is 0 Å². The average Bonchev–Trinajstić information content (AvgIpc) is 3.03. The summed E-state index contributed by atoms with van der Waals surface area (Å²) in [5.74, 6) is 0.914. The van der Waals surface area contributed by atoms with Gasteiger partial charge in [0, 0.05) is 17.3 Å². The van der Waals surface area contributed by atoms with E-state index in [9.17, 15) is 4.79 Å². The fourth-order valence-electron chi connectivity index (χ4n) is 2.63. The van der Waals surface area contributed by atoms with Crippen molar-refractivity contribution in [2.24, 2.45) is 5.92 Å². The number of anilines is 1. The van der Waals surface area contributed by atoms with Gasteiger partial charge in [0.1, 0.15) is 11.3 Å². The molecule has 2 heterocycles. The van der Waals surface area contributed by atoms with Gasteiger partial charge in [0.25, 0.3) is 5.91 Å². The third-order valence-electron chi connectivity index (χ3n) is 3.69. The Kier molecular flexibility index (Phi) is 4.46. The summed E-state index contributed by atoms with van der Waals surface area (Å²) in [5, 5.41) is 10.7. The lowest BCUT2D eigenvalue weighted by Crippen LogP contribution is -2.12. The van der Waals surface area contributed by atoms with Gasteiger partial charge in [-0.1, -0.05) is 13.8 Å². The highest BCUT2D eigenvalue weighted by Gasteiger charge is 2.14. The number of nitrogens with zero attached hydrogens (tertiary/aromatic N) is 2. The summed E-state index contributed by atoms with van der Waals surface area (Å²) in [4.78, 5) is 16.8. The van der Waals surface area contributed by atoms with Gasteiger partial charge in [0.2, 0.25) is 0 Å². The van der Waals surface area contributed by atoms with E-state index in [1.807, 2.05) is 18.2 Å². The molecule has 6 nitrogen and oxygen atoms in total. The highest BCUT2D eigenvalue weighted by molar-refractivity contribution is 6.08. The van der Waals surface area contributed by atoms with Crippen LogP contribution in [0.4, 0.5) is 5.69 Å². The van der Waals surface area contributed by atoms with E-state index in [1.165, 1.54) is 0 Å². The van der Waals surface area contributed by atoms with E-state index in [4.69, 9.17) is 4.74 Å². The summed E-state index contributed by atoms with van der Waals surface area (Å²) in [5.41, 5.74) is 2.72. The van der Waals surface area contributed by atoms with Gasteiger partial charge in [-0.25, -0.2) is 0 Å². The number of H-pyrrole nitrogens is 1. The summed E-state index contributed by atoms with van der Waals surface area (Å²) < 4.78 is 5.32. The maximum Gasteiger partial charge on any atom is 0.276 e. The number of hydrogen-bond acceptors (Lipinski definition) is 4. The second kappa shape index (κ2) is 6.70. The van der Waals surface area contributed by atoms with E-state index < -0.39 is 0 Å². The highest BCUT2D eigenvalue weighted by Crippen LogP contribution is 2.29. The van der Waals surface area contributed by atoms with E-state index in [-0.39, 0.29) is 5.91 Å². The minimum absolute atomic E-state index is 0.253. The van der Waals surface area contributed by atoms with Gasteiger partial charge in [-0.2, -0.15) is 5.10 Å². The molecule has 0 saturated heterocycles. The van der Waals surface area contributed by atoms with Crippen LogP contribution in [0.5, 0.6) is 5.75 Å². The Balaban J connectivity index is 1.87. The van der Waals surface area contributed by atoms with Crippen LogP contribution < -0.4 is 10.1 Å². The van der Waals surface area contributed by atoms with Gasteiger partial charge < -0.3 is 10.1 Å². The van der Waals surface area contributed by atoms with Crippen molar-refractivity contribution in [3.05, 3.63) is 47.9 Å². The van der Waals surface area contributed by atoms with E-state index in [0.29, 0.717) is 28.6 Å². The van der Waals surface area contributed by atoms with Gasteiger partial charge >= 0.3 is 0 Å². The van der Waals surface area contributed by atoms with Crippen molar-refractivity contribution >= 4 is 22.5 Å². The molecule has 2 aromatic heterocycles. The average molecular weight is 324 g/mol. The largest absolute Gasteiger partial charge is 0.494 e. The predicted octanol–water partition coefficient (Wildman–Crippen LogP) is 3.42. The number of aromatic nitrogens is 3. The van der Waals surface area contributed by atoms with Gasteiger partial charge in [-0.15, -0.1) is 0 Å². The number of carbonyl (C=O) groups is 1. The van der Waals surface area contributed by atoms with Crippen molar-refractivity contribution in [2.75, 3.05) is 12.4 Å². The zero-order valence-corrected chi connectivity index (χ0v) is 14.0. The van der Waals surface area contributed by atoms with Gasteiger partial charge in [-0.05, 0) is 42.7 Å². The molecule has 0 aliphatic heterocycles. The van der Waals surface area contributed by atoms with Crippen LogP contribution in [0.15, 0.2) is 36.5 Å². The Bertz CT molecular complexity index is 870. The van der Waals surface area contributed by atoms with Crippen LogP contribution in [-0.2, 0) is 6.42 Å². The number of methoxy groups -OCH3 is 1. The normalized spacial score (nSPS) is 11.0. The Morgan fingerprint density at radius 2 is 2.17 bits per heavy atom. The molecule has 0 unspecified atom stereocenters. The van der Waals surface area contributed by atoms with Crippen molar-refractivity contribution < 1.29 is 9.53 Å². The number of rotatable bonds is 5. The summed E-state index contributed by atoms with van der Waals surface area (Å²) >= 11 is 0. The molecule has 124 valence electrons. The number of amides is 1. The number of hydrogen-bond donors (Lipinski definition) is 2. The van der Waals surface area contributed by atoms with Crippen molar-refractivity contribution in [1.82, 2.24) is 15.2 Å². The lowest BCUT2D eigenvalue weighted by atomic mass is 10.1. The van der Waals surface area contributed by atoms with E-state index in [1.54, 1.807) is 25.4 Å². The molecule has 3 aromatic rings. The summed E-state index contributed by atoms with van der Waals surface area (Å²) in [6, 6.07) is 9.11. The van der Waals surface area contributed by atoms with Crippen molar-refractivity contribution in [1.29, 1.82) is 0 Å². The second-order valence-corrected chi connectivity index (χ2v) is 6.05. The number of benzene rings is 1. The first-order valence-corrected chi connectivity index (χ1v) is 7.86. The summed E-state index contributed by atoms with van der Waals surface area (Å²) in [7, 11) is 1.60. The van der Waals surface area contributed by atoms with E-state index >= 15 is 0 Å².